The van der Waals surface area contributed by atoms with Crippen LogP contribution in [0, 0.1) is 5.41 Å². The highest BCUT2D eigenvalue weighted by atomic mass is 16.8. The molecule has 0 spiro atoms. The topological polar surface area (TPSA) is 35.5 Å². The molecule has 1 unspecified atom stereocenters. The summed E-state index contributed by atoms with van der Waals surface area (Å²) in [4.78, 5) is 11.7. The van der Waals surface area contributed by atoms with Crippen LogP contribution < -0.4 is 0 Å². The maximum atomic E-state index is 11.7. The smallest absolute Gasteiger partial charge is 0.342 e. The molecule has 1 heterocycles. The summed E-state index contributed by atoms with van der Waals surface area (Å²) in [5, 5.41) is 0. The van der Waals surface area contributed by atoms with Crippen molar-refractivity contribution in [2.45, 2.75) is 33.2 Å². The summed E-state index contributed by atoms with van der Waals surface area (Å²) in [6.45, 7) is 5.95. The zero-order chi connectivity index (χ0) is 11.8. The van der Waals surface area contributed by atoms with Gasteiger partial charge in [-0.3, -0.25) is 0 Å². The van der Waals surface area contributed by atoms with Crippen LogP contribution >= 0.6 is 0 Å². The first kappa shape index (κ1) is 11.1. The highest BCUT2D eigenvalue weighted by Crippen LogP contribution is 2.35. The molecule has 1 aliphatic rings. The number of cyclic esters (lactones) is 1. The fourth-order valence-corrected chi connectivity index (χ4v) is 1.60. The van der Waals surface area contributed by atoms with Crippen LogP contribution in [0.2, 0.25) is 0 Å². The van der Waals surface area contributed by atoms with E-state index in [-0.39, 0.29) is 11.4 Å². The third kappa shape index (κ3) is 2.09. The van der Waals surface area contributed by atoms with Crippen molar-refractivity contribution in [3.05, 3.63) is 35.9 Å². The molecule has 0 aliphatic carbocycles. The van der Waals surface area contributed by atoms with Gasteiger partial charge in [0.15, 0.2) is 6.10 Å². The van der Waals surface area contributed by atoms with Gasteiger partial charge < -0.3 is 9.47 Å². The summed E-state index contributed by atoms with van der Waals surface area (Å²) in [6, 6.07) is 9.42. The molecule has 0 saturated carbocycles. The molecule has 3 heteroatoms. The highest BCUT2D eigenvalue weighted by molar-refractivity contribution is 5.78. The minimum absolute atomic E-state index is 0.195. The third-order valence-electron chi connectivity index (χ3n) is 2.51. The van der Waals surface area contributed by atoms with Gasteiger partial charge in [0.1, 0.15) is 0 Å². The number of carbonyl (C=O) groups is 1. The molecule has 1 aromatic carbocycles. The average molecular weight is 220 g/mol. The minimum atomic E-state index is -0.578. The second kappa shape index (κ2) is 3.91. The summed E-state index contributed by atoms with van der Waals surface area (Å²) >= 11 is 0. The summed E-state index contributed by atoms with van der Waals surface area (Å²) in [5.41, 5.74) is 0.651. The lowest BCUT2D eigenvalue weighted by Crippen LogP contribution is -2.27. The summed E-state index contributed by atoms with van der Waals surface area (Å²) in [6.07, 6.45) is -1.05. The van der Waals surface area contributed by atoms with E-state index >= 15 is 0 Å². The minimum Gasteiger partial charge on any atom is -0.433 e. The van der Waals surface area contributed by atoms with Crippen LogP contribution in [0.3, 0.4) is 0 Å². The summed E-state index contributed by atoms with van der Waals surface area (Å²) in [7, 11) is 0. The Kier molecular flexibility index (Phi) is 2.72. The fourth-order valence-electron chi connectivity index (χ4n) is 1.60. The van der Waals surface area contributed by atoms with E-state index in [1.807, 2.05) is 51.1 Å². The van der Waals surface area contributed by atoms with Gasteiger partial charge in [-0.05, 0) is 5.56 Å². The molecule has 16 heavy (non-hydrogen) atoms. The van der Waals surface area contributed by atoms with E-state index in [0.29, 0.717) is 0 Å². The highest BCUT2D eigenvalue weighted by Gasteiger charge is 2.42. The summed E-state index contributed by atoms with van der Waals surface area (Å²) < 4.78 is 10.9. The molecule has 1 fully saturated rings. The van der Waals surface area contributed by atoms with Crippen LogP contribution in [-0.2, 0) is 14.3 Å². The second-order valence-electron chi connectivity index (χ2n) is 5.06. The van der Waals surface area contributed by atoms with E-state index in [0.717, 1.165) is 5.56 Å². The van der Waals surface area contributed by atoms with E-state index in [2.05, 4.69) is 0 Å². The molecule has 0 bridgehead atoms. The van der Waals surface area contributed by atoms with Gasteiger partial charge in [-0.25, -0.2) is 4.79 Å². The zero-order valence-corrected chi connectivity index (χ0v) is 9.77. The number of benzene rings is 1. The Morgan fingerprint density at radius 3 is 2.25 bits per heavy atom. The molecule has 0 amide bonds. The van der Waals surface area contributed by atoms with Gasteiger partial charge in [-0.2, -0.15) is 0 Å². The van der Waals surface area contributed by atoms with Crippen LogP contribution in [-0.4, -0.2) is 12.3 Å². The Morgan fingerprint density at radius 1 is 1.12 bits per heavy atom. The normalized spacial score (nSPS) is 25.6. The third-order valence-corrected chi connectivity index (χ3v) is 2.51. The molecule has 2 atom stereocenters. The molecular formula is C13H16O3. The second-order valence-corrected chi connectivity index (χ2v) is 5.06. The first-order valence-corrected chi connectivity index (χ1v) is 5.39. The molecule has 0 radical (unpaired) electrons. The van der Waals surface area contributed by atoms with Gasteiger partial charge in [-0.15, -0.1) is 0 Å². The Balaban J connectivity index is 2.18. The van der Waals surface area contributed by atoms with Gasteiger partial charge in [0.05, 0.1) is 0 Å². The Morgan fingerprint density at radius 2 is 1.75 bits per heavy atom. The quantitative estimate of drug-likeness (QED) is 0.682. The van der Waals surface area contributed by atoms with Gasteiger partial charge in [0.25, 0.3) is 0 Å². The monoisotopic (exact) mass is 220 g/mol. The van der Waals surface area contributed by atoms with E-state index in [9.17, 15) is 4.79 Å². The van der Waals surface area contributed by atoms with Crippen molar-refractivity contribution in [3.63, 3.8) is 0 Å². The molecule has 1 saturated heterocycles. The molecular weight excluding hydrogens is 204 g/mol. The standard InChI is InChI=1S/C13H16O3/c1-13(2,3)12-15-10(11(14)16-12)9-7-5-4-6-8-9/h4-8,10,12H,1-3H3/t10?,12-/m1/s1. The van der Waals surface area contributed by atoms with Crippen molar-refractivity contribution in [1.29, 1.82) is 0 Å². The van der Waals surface area contributed by atoms with Crippen LogP contribution in [0.5, 0.6) is 0 Å². The van der Waals surface area contributed by atoms with Crippen LogP contribution in [0.25, 0.3) is 0 Å². The lowest BCUT2D eigenvalue weighted by Gasteiger charge is -2.24. The van der Waals surface area contributed by atoms with Crippen molar-refractivity contribution in [3.8, 4) is 0 Å². The lowest BCUT2D eigenvalue weighted by molar-refractivity contribution is -0.154. The Bertz CT molecular complexity index is 378. The number of ether oxygens (including phenoxy) is 2. The molecule has 0 N–H and O–H groups in total. The van der Waals surface area contributed by atoms with Crippen LogP contribution in [0.4, 0.5) is 0 Å². The molecule has 1 aliphatic heterocycles. The Labute approximate surface area is 95.4 Å². The Hall–Kier alpha value is -1.35. The SMILES string of the molecule is CC(C)(C)[C@H]1OC(=O)C(c2ccccc2)O1. The van der Waals surface area contributed by atoms with E-state index < -0.39 is 12.4 Å². The van der Waals surface area contributed by atoms with Crippen molar-refractivity contribution in [1.82, 2.24) is 0 Å². The van der Waals surface area contributed by atoms with Crippen molar-refractivity contribution < 1.29 is 14.3 Å². The van der Waals surface area contributed by atoms with E-state index in [1.165, 1.54) is 0 Å². The number of rotatable bonds is 1. The predicted octanol–water partition coefficient (Wildman–Crippen LogP) is 2.67. The number of esters is 1. The largest absolute Gasteiger partial charge is 0.433 e. The van der Waals surface area contributed by atoms with Crippen molar-refractivity contribution in [2.24, 2.45) is 5.41 Å². The van der Waals surface area contributed by atoms with Gasteiger partial charge >= 0.3 is 5.97 Å². The maximum Gasteiger partial charge on any atom is 0.342 e. The van der Waals surface area contributed by atoms with Crippen molar-refractivity contribution >= 4 is 5.97 Å². The lowest BCUT2D eigenvalue weighted by atomic mass is 9.96. The number of hydrogen-bond donors (Lipinski definition) is 0. The van der Waals surface area contributed by atoms with E-state index in [1.54, 1.807) is 0 Å². The summed E-state index contributed by atoms with van der Waals surface area (Å²) in [5.74, 6) is -0.300. The zero-order valence-electron chi connectivity index (χ0n) is 9.77. The first-order chi connectivity index (χ1) is 7.48. The van der Waals surface area contributed by atoms with E-state index in [4.69, 9.17) is 9.47 Å². The van der Waals surface area contributed by atoms with Crippen molar-refractivity contribution in [2.75, 3.05) is 0 Å². The van der Waals surface area contributed by atoms with Crippen LogP contribution in [0.15, 0.2) is 30.3 Å². The number of carbonyl (C=O) groups excluding carboxylic acids is 1. The fraction of sp³-hybridized carbons (Fsp3) is 0.462. The number of hydrogen-bond acceptors (Lipinski definition) is 3. The molecule has 86 valence electrons. The van der Waals surface area contributed by atoms with Gasteiger partial charge in [-0.1, -0.05) is 51.1 Å². The van der Waals surface area contributed by atoms with Crippen LogP contribution in [0.1, 0.15) is 32.4 Å². The molecule has 2 rings (SSSR count). The molecule has 1 aromatic rings. The van der Waals surface area contributed by atoms with Gasteiger partial charge in [0.2, 0.25) is 6.29 Å². The van der Waals surface area contributed by atoms with Gasteiger partial charge in [0, 0.05) is 5.41 Å². The predicted molar refractivity (Wildman–Crippen MR) is 59.6 cm³/mol. The maximum absolute atomic E-state index is 11.7. The first-order valence-electron chi connectivity index (χ1n) is 5.39. The molecule has 0 aromatic heterocycles. The average Bonchev–Trinajstić information content (AvgIpc) is 2.61. The molecule has 3 nitrogen and oxygen atoms in total.